The van der Waals surface area contributed by atoms with Gasteiger partial charge in [0.05, 0.1) is 20.8 Å². The lowest BCUT2D eigenvalue weighted by molar-refractivity contribution is -0.385. The van der Waals surface area contributed by atoms with Gasteiger partial charge in [0.1, 0.15) is 0 Å². The highest BCUT2D eigenvalue weighted by atomic mass is 79.9. The van der Waals surface area contributed by atoms with Crippen LogP contribution in [0, 0.1) is 10.1 Å². The first-order chi connectivity index (χ1) is 10.1. The molecule has 1 N–H and O–H groups in total. The molecule has 118 valence electrons. The molecule has 0 fully saturated rings. The van der Waals surface area contributed by atoms with Crippen molar-refractivity contribution in [2.75, 3.05) is 16.8 Å². The van der Waals surface area contributed by atoms with E-state index in [9.17, 15) is 32.9 Å². The lowest BCUT2D eigenvalue weighted by atomic mass is 10.2. The molecule has 0 saturated carbocycles. The summed E-state index contributed by atoms with van der Waals surface area (Å²) in [6, 6.07) is 1.90. The zero-order valence-electron chi connectivity index (χ0n) is 10.6. The molecule has 0 aliphatic carbocycles. The molecular weight excluding hydrogens is 375 g/mol. The number of nitrogens with one attached hydrogen (secondary N) is 1. The van der Waals surface area contributed by atoms with Gasteiger partial charge in [0, 0.05) is 19.0 Å². The number of hydrogen-bond acceptors (Lipinski definition) is 4. The largest absolute Gasteiger partial charge is 0.471 e. The molecule has 0 radical (unpaired) electrons. The van der Waals surface area contributed by atoms with E-state index in [4.69, 9.17) is 0 Å². The van der Waals surface area contributed by atoms with Crippen molar-refractivity contribution in [3.8, 4) is 0 Å². The summed E-state index contributed by atoms with van der Waals surface area (Å²) >= 11 is 2.87. The van der Waals surface area contributed by atoms with E-state index in [1.807, 2.05) is 0 Å². The molecule has 2 amide bonds. The van der Waals surface area contributed by atoms with Crippen LogP contribution in [0.15, 0.2) is 16.6 Å². The van der Waals surface area contributed by atoms with Gasteiger partial charge in [0.25, 0.3) is 5.69 Å². The molecule has 1 aliphatic heterocycles. The number of amides is 2. The zero-order valence-corrected chi connectivity index (χ0v) is 12.2. The second kappa shape index (κ2) is 5.55. The van der Waals surface area contributed by atoms with Crippen LogP contribution in [0.5, 0.6) is 0 Å². The van der Waals surface area contributed by atoms with E-state index >= 15 is 0 Å². The second-order valence-corrected chi connectivity index (χ2v) is 5.18. The van der Waals surface area contributed by atoms with Gasteiger partial charge in [-0.2, -0.15) is 13.2 Å². The van der Waals surface area contributed by atoms with Crippen LogP contribution in [0.25, 0.3) is 0 Å². The summed E-state index contributed by atoms with van der Waals surface area (Å²) in [5.74, 6) is -2.79. The van der Waals surface area contributed by atoms with E-state index in [1.165, 1.54) is 0 Å². The Morgan fingerprint density at radius 2 is 2.05 bits per heavy atom. The number of rotatable bonds is 1. The van der Waals surface area contributed by atoms with Gasteiger partial charge >= 0.3 is 12.1 Å². The third-order valence-electron chi connectivity index (χ3n) is 2.88. The lowest BCUT2D eigenvalue weighted by Crippen LogP contribution is -2.41. The summed E-state index contributed by atoms with van der Waals surface area (Å²) in [5.41, 5.74) is -0.930. The fourth-order valence-electron chi connectivity index (χ4n) is 1.93. The van der Waals surface area contributed by atoms with Gasteiger partial charge in [-0.15, -0.1) is 0 Å². The minimum atomic E-state index is -5.13. The standard InChI is InChI=1S/C11H7BrF3N3O4/c12-5-3-8-6(4-7(5)18(21)22)16-9(19)1-2-17(8)10(20)11(13,14)15/h3-4H,1-2H2,(H,16,19). The number of halogens is 4. The van der Waals surface area contributed by atoms with Crippen LogP contribution in [-0.4, -0.2) is 29.5 Å². The average Bonchev–Trinajstić information content (AvgIpc) is 2.54. The maximum atomic E-state index is 12.6. The third kappa shape index (κ3) is 3.03. The Morgan fingerprint density at radius 1 is 1.41 bits per heavy atom. The first kappa shape index (κ1) is 16.2. The molecule has 0 saturated heterocycles. The fraction of sp³-hybridized carbons (Fsp3) is 0.273. The van der Waals surface area contributed by atoms with Crippen LogP contribution < -0.4 is 10.2 Å². The van der Waals surface area contributed by atoms with Crippen molar-refractivity contribution in [2.24, 2.45) is 0 Å². The summed E-state index contributed by atoms with van der Waals surface area (Å²) in [6.45, 7) is -0.485. The Bertz CT molecular complexity index is 677. The molecule has 0 atom stereocenters. The Kier molecular flexibility index (Phi) is 4.09. The van der Waals surface area contributed by atoms with Crippen LogP contribution in [0.2, 0.25) is 0 Å². The highest BCUT2D eigenvalue weighted by Crippen LogP contribution is 2.39. The Hall–Kier alpha value is -2.17. The van der Waals surface area contributed by atoms with E-state index in [2.05, 4.69) is 21.2 Å². The van der Waals surface area contributed by atoms with Crippen LogP contribution in [-0.2, 0) is 9.59 Å². The predicted octanol–water partition coefficient (Wildman–Crippen LogP) is 2.59. The van der Waals surface area contributed by atoms with Gasteiger partial charge in [0.2, 0.25) is 5.91 Å². The molecule has 22 heavy (non-hydrogen) atoms. The molecule has 0 aromatic heterocycles. The smallest absolute Gasteiger partial charge is 0.324 e. The van der Waals surface area contributed by atoms with Gasteiger partial charge in [-0.3, -0.25) is 19.7 Å². The minimum Gasteiger partial charge on any atom is -0.324 e. The number of carbonyl (C=O) groups is 2. The van der Waals surface area contributed by atoms with E-state index in [1.54, 1.807) is 0 Å². The molecule has 11 heteroatoms. The van der Waals surface area contributed by atoms with E-state index in [0.717, 1.165) is 12.1 Å². The maximum absolute atomic E-state index is 12.6. The number of anilines is 2. The monoisotopic (exact) mass is 381 g/mol. The van der Waals surface area contributed by atoms with Gasteiger partial charge in [-0.25, -0.2) is 0 Å². The summed E-state index contributed by atoms with van der Waals surface area (Å²) in [6.07, 6.45) is -5.49. The lowest BCUT2D eigenvalue weighted by Gasteiger charge is -2.23. The Balaban J connectivity index is 2.60. The molecular formula is C11H7BrF3N3O4. The molecule has 1 aromatic rings. The van der Waals surface area contributed by atoms with Gasteiger partial charge in [-0.05, 0) is 22.0 Å². The molecule has 0 bridgehead atoms. The highest BCUT2D eigenvalue weighted by Gasteiger charge is 2.44. The average molecular weight is 382 g/mol. The maximum Gasteiger partial charge on any atom is 0.471 e. The number of benzene rings is 1. The molecule has 0 spiro atoms. The fourth-order valence-corrected chi connectivity index (χ4v) is 2.40. The van der Waals surface area contributed by atoms with Gasteiger partial charge in [-0.1, -0.05) is 0 Å². The van der Waals surface area contributed by atoms with E-state index < -0.39 is 35.1 Å². The van der Waals surface area contributed by atoms with E-state index in [0.29, 0.717) is 4.90 Å². The number of nitrogens with zero attached hydrogens (tertiary/aromatic N) is 2. The highest BCUT2D eigenvalue weighted by molar-refractivity contribution is 9.10. The SMILES string of the molecule is O=C1CCN(C(=O)C(F)(F)F)c2cc(Br)c([N+](=O)[O-])cc2N1. The topological polar surface area (TPSA) is 92.5 Å². The van der Waals surface area contributed by atoms with Gasteiger partial charge in [0.15, 0.2) is 0 Å². The second-order valence-electron chi connectivity index (χ2n) is 4.33. The number of alkyl halides is 3. The van der Waals surface area contributed by atoms with Crippen LogP contribution in [0.3, 0.4) is 0 Å². The van der Waals surface area contributed by atoms with E-state index in [-0.39, 0.29) is 22.3 Å². The quantitative estimate of drug-likeness (QED) is 0.597. The normalized spacial score (nSPS) is 14.9. The summed E-state index contributed by atoms with van der Waals surface area (Å²) in [4.78, 5) is 33.5. The van der Waals surface area contributed by atoms with Crippen LogP contribution in [0.4, 0.5) is 30.2 Å². The van der Waals surface area contributed by atoms with Crippen molar-refractivity contribution in [3.05, 3.63) is 26.7 Å². The number of hydrogen-bond donors (Lipinski definition) is 1. The molecule has 0 unspecified atom stereocenters. The van der Waals surface area contributed by atoms with Crippen molar-refractivity contribution in [3.63, 3.8) is 0 Å². The Labute approximate surface area is 129 Å². The predicted molar refractivity (Wildman–Crippen MR) is 72.5 cm³/mol. The minimum absolute atomic E-state index is 0.104. The molecule has 1 aromatic carbocycles. The molecule has 1 heterocycles. The van der Waals surface area contributed by atoms with Crippen molar-refractivity contribution in [1.29, 1.82) is 0 Å². The first-order valence-electron chi connectivity index (χ1n) is 5.77. The van der Waals surface area contributed by atoms with Crippen LogP contribution >= 0.6 is 15.9 Å². The summed E-state index contributed by atoms with van der Waals surface area (Å²) in [5, 5.41) is 13.1. The number of carbonyl (C=O) groups excluding carboxylic acids is 2. The third-order valence-corrected chi connectivity index (χ3v) is 3.51. The summed E-state index contributed by atoms with van der Waals surface area (Å²) in [7, 11) is 0. The number of nitro benzene ring substituents is 1. The molecule has 2 rings (SSSR count). The first-order valence-corrected chi connectivity index (χ1v) is 6.57. The number of nitro groups is 1. The Morgan fingerprint density at radius 3 is 2.59 bits per heavy atom. The van der Waals surface area contributed by atoms with Gasteiger partial charge < -0.3 is 10.2 Å². The summed E-state index contributed by atoms with van der Waals surface area (Å²) < 4.78 is 37.8. The molecule has 7 nitrogen and oxygen atoms in total. The zero-order chi connectivity index (χ0) is 16.7. The van der Waals surface area contributed by atoms with Crippen molar-refractivity contribution in [1.82, 2.24) is 0 Å². The molecule has 1 aliphatic rings. The van der Waals surface area contributed by atoms with Crippen molar-refractivity contribution >= 4 is 44.8 Å². The van der Waals surface area contributed by atoms with Crippen molar-refractivity contribution < 1.29 is 27.7 Å². The van der Waals surface area contributed by atoms with Crippen molar-refractivity contribution in [2.45, 2.75) is 12.6 Å². The van der Waals surface area contributed by atoms with Crippen LogP contribution in [0.1, 0.15) is 6.42 Å². The number of fused-ring (bicyclic) bond motifs is 1.